The van der Waals surface area contributed by atoms with Gasteiger partial charge in [0.05, 0.1) is 12.5 Å². The molecule has 1 aliphatic rings. The summed E-state index contributed by atoms with van der Waals surface area (Å²) in [7, 11) is -3.67. The molecule has 1 aromatic carbocycles. The number of nitrogens with zero attached hydrogens (tertiary/aromatic N) is 1. The molecule has 1 amide bonds. The molecule has 0 aliphatic carbocycles. The number of hydrogen-bond donors (Lipinski definition) is 3. The van der Waals surface area contributed by atoms with Crippen molar-refractivity contribution in [1.82, 2.24) is 10.3 Å². The molecule has 0 bridgehead atoms. The fraction of sp³-hybridized carbons (Fsp3) is 0.474. The van der Waals surface area contributed by atoms with Crippen LogP contribution in [-0.4, -0.2) is 49.9 Å². The number of thiazole rings is 1. The van der Waals surface area contributed by atoms with Gasteiger partial charge in [-0.1, -0.05) is 23.5 Å². The van der Waals surface area contributed by atoms with Gasteiger partial charge >= 0.3 is 0 Å². The third kappa shape index (κ3) is 10.1. The van der Waals surface area contributed by atoms with Gasteiger partial charge in [0, 0.05) is 19.8 Å². The molecular formula is C19H27N3O6S2. The van der Waals surface area contributed by atoms with Crippen molar-refractivity contribution < 1.29 is 27.2 Å². The van der Waals surface area contributed by atoms with Gasteiger partial charge in [-0.25, -0.2) is 4.98 Å². The molecule has 0 spiro atoms. The minimum Gasteiger partial charge on any atom is -0.431 e. The smallest absolute Gasteiger partial charge is 0.279 e. The van der Waals surface area contributed by atoms with Crippen LogP contribution in [-0.2, 0) is 21.4 Å². The fourth-order valence-electron chi connectivity index (χ4n) is 2.77. The highest BCUT2D eigenvalue weighted by atomic mass is 32.2. The average molecular weight is 458 g/mol. The van der Waals surface area contributed by atoms with Crippen molar-refractivity contribution in [2.75, 3.05) is 26.0 Å². The number of carbonyl (C=O) groups is 1. The van der Waals surface area contributed by atoms with Crippen molar-refractivity contribution in [3.05, 3.63) is 40.9 Å². The lowest BCUT2D eigenvalue weighted by molar-refractivity contribution is 0.0639. The van der Waals surface area contributed by atoms with Gasteiger partial charge in [-0.15, -0.1) is 0 Å². The summed E-state index contributed by atoms with van der Waals surface area (Å²) in [6.45, 7) is 3.68. The first-order valence-electron chi connectivity index (χ1n) is 9.44. The summed E-state index contributed by atoms with van der Waals surface area (Å²) >= 11 is 1.14. The van der Waals surface area contributed by atoms with E-state index >= 15 is 0 Å². The predicted molar refractivity (Wildman–Crippen MR) is 114 cm³/mol. The molecule has 1 fully saturated rings. The molecule has 1 aliphatic heterocycles. The molecule has 0 saturated carbocycles. The van der Waals surface area contributed by atoms with Crippen LogP contribution in [0, 0.1) is 5.92 Å². The topological polar surface area (TPSA) is 141 Å². The minimum atomic E-state index is -3.67. The SMILES string of the molecule is CS(=O)(=O)O.NC(=O)c1cnc(Oc2ccc(CNCCC3CCOCC3)cc2)s1. The number of aromatic nitrogens is 1. The number of nitrogens with two attached hydrogens (primary N) is 1. The number of amides is 1. The number of carbonyl (C=O) groups excluding carboxylic acids is 1. The van der Waals surface area contributed by atoms with Crippen LogP contribution in [0.3, 0.4) is 0 Å². The normalized spacial score (nSPS) is 14.6. The van der Waals surface area contributed by atoms with Crippen LogP contribution in [0.15, 0.2) is 30.5 Å². The third-order valence-electron chi connectivity index (χ3n) is 4.26. The second kappa shape index (κ2) is 12.0. The Hall–Kier alpha value is -2.05. The number of benzene rings is 1. The standard InChI is InChI=1S/C18H23N3O3S.CH4O3S/c19-17(22)16-12-21-18(25-16)24-15-3-1-14(2-4-15)11-20-8-5-13-6-9-23-10-7-13;1-5(2,3)4/h1-4,12-13,20H,5-11H2,(H2,19,22);1H3,(H,2,3,4). The van der Waals surface area contributed by atoms with Crippen LogP contribution in [0.1, 0.15) is 34.5 Å². The van der Waals surface area contributed by atoms with Gasteiger partial charge in [-0.05, 0) is 49.4 Å². The Kier molecular flexibility index (Phi) is 9.66. The molecule has 2 aromatic rings. The molecule has 9 nitrogen and oxygen atoms in total. The second-order valence-electron chi connectivity index (χ2n) is 6.85. The van der Waals surface area contributed by atoms with Crippen LogP contribution in [0.25, 0.3) is 0 Å². The van der Waals surface area contributed by atoms with Gasteiger partial charge in [0.2, 0.25) is 0 Å². The van der Waals surface area contributed by atoms with Crippen molar-refractivity contribution in [3.8, 4) is 10.9 Å². The zero-order chi connectivity index (χ0) is 22.0. The first-order valence-corrected chi connectivity index (χ1v) is 12.1. The summed E-state index contributed by atoms with van der Waals surface area (Å²) in [6.07, 6.45) is 5.72. The maximum absolute atomic E-state index is 11.1. The van der Waals surface area contributed by atoms with Crippen molar-refractivity contribution in [2.24, 2.45) is 11.7 Å². The number of rotatable bonds is 8. The number of ether oxygens (including phenoxy) is 2. The lowest BCUT2D eigenvalue weighted by atomic mass is 9.97. The lowest BCUT2D eigenvalue weighted by Crippen LogP contribution is -2.22. The molecule has 0 unspecified atom stereocenters. The predicted octanol–water partition coefficient (Wildman–Crippen LogP) is 2.44. The summed E-state index contributed by atoms with van der Waals surface area (Å²) in [6, 6.07) is 7.86. The Morgan fingerprint density at radius 2 is 1.97 bits per heavy atom. The average Bonchev–Trinajstić information content (AvgIpc) is 3.15. The van der Waals surface area contributed by atoms with E-state index in [9.17, 15) is 13.2 Å². The van der Waals surface area contributed by atoms with E-state index in [2.05, 4.69) is 10.3 Å². The van der Waals surface area contributed by atoms with E-state index in [1.807, 2.05) is 24.3 Å². The van der Waals surface area contributed by atoms with Gasteiger partial charge in [-0.2, -0.15) is 8.42 Å². The lowest BCUT2D eigenvalue weighted by Gasteiger charge is -2.21. The van der Waals surface area contributed by atoms with Crippen LogP contribution in [0.2, 0.25) is 0 Å². The van der Waals surface area contributed by atoms with E-state index in [0.717, 1.165) is 43.6 Å². The minimum absolute atomic E-state index is 0.389. The molecule has 1 aromatic heterocycles. The Morgan fingerprint density at radius 1 is 1.33 bits per heavy atom. The quantitative estimate of drug-likeness (QED) is 0.405. The zero-order valence-electron chi connectivity index (χ0n) is 16.7. The van der Waals surface area contributed by atoms with E-state index in [4.69, 9.17) is 19.8 Å². The summed E-state index contributed by atoms with van der Waals surface area (Å²) in [4.78, 5) is 15.5. The van der Waals surface area contributed by atoms with E-state index in [0.29, 0.717) is 22.1 Å². The van der Waals surface area contributed by atoms with E-state index in [1.54, 1.807) is 0 Å². The van der Waals surface area contributed by atoms with Gasteiger partial charge in [-0.3, -0.25) is 9.35 Å². The Bertz CT molecular complexity index is 885. The highest BCUT2D eigenvalue weighted by Crippen LogP contribution is 2.26. The Balaban J connectivity index is 0.000000575. The molecule has 0 atom stereocenters. The first-order chi connectivity index (χ1) is 14.2. The van der Waals surface area contributed by atoms with E-state index in [-0.39, 0.29) is 0 Å². The molecular weight excluding hydrogens is 430 g/mol. The summed E-state index contributed by atoms with van der Waals surface area (Å²) in [5.74, 6) is 0.992. The van der Waals surface area contributed by atoms with Crippen LogP contribution in [0.4, 0.5) is 0 Å². The Morgan fingerprint density at radius 3 is 2.53 bits per heavy atom. The van der Waals surface area contributed by atoms with Crippen LogP contribution in [0.5, 0.6) is 10.9 Å². The van der Waals surface area contributed by atoms with Gasteiger partial charge in [0.1, 0.15) is 10.6 Å². The van der Waals surface area contributed by atoms with Crippen molar-refractivity contribution in [1.29, 1.82) is 0 Å². The molecule has 2 heterocycles. The molecule has 166 valence electrons. The summed E-state index contributed by atoms with van der Waals surface area (Å²) in [5, 5.41) is 3.90. The van der Waals surface area contributed by atoms with Crippen molar-refractivity contribution in [3.63, 3.8) is 0 Å². The highest BCUT2D eigenvalue weighted by Gasteiger charge is 2.13. The summed E-state index contributed by atoms with van der Waals surface area (Å²) in [5.41, 5.74) is 6.41. The van der Waals surface area contributed by atoms with E-state index in [1.165, 1.54) is 31.0 Å². The maximum Gasteiger partial charge on any atom is 0.279 e. The summed E-state index contributed by atoms with van der Waals surface area (Å²) < 4.78 is 36.9. The molecule has 4 N–H and O–H groups in total. The molecule has 3 rings (SSSR count). The second-order valence-corrected chi connectivity index (χ2v) is 9.31. The van der Waals surface area contributed by atoms with Gasteiger partial charge in [0.15, 0.2) is 0 Å². The number of primary amides is 1. The fourth-order valence-corrected chi connectivity index (χ4v) is 3.41. The van der Waals surface area contributed by atoms with Gasteiger partial charge in [0.25, 0.3) is 21.2 Å². The third-order valence-corrected chi connectivity index (χ3v) is 5.15. The number of nitrogens with one attached hydrogen (secondary N) is 1. The molecule has 0 radical (unpaired) electrons. The van der Waals surface area contributed by atoms with Crippen molar-refractivity contribution >= 4 is 27.4 Å². The molecule has 11 heteroatoms. The number of hydrogen-bond acceptors (Lipinski definition) is 8. The van der Waals surface area contributed by atoms with Crippen molar-refractivity contribution in [2.45, 2.75) is 25.8 Å². The highest BCUT2D eigenvalue weighted by molar-refractivity contribution is 7.85. The largest absolute Gasteiger partial charge is 0.431 e. The van der Waals surface area contributed by atoms with Crippen LogP contribution >= 0.6 is 11.3 Å². The molecule has 30 heavy (non-hydrogen) atoms. The van der Waals surface area contributed by atoms with Crippen LogP contribution < -0.4 is 15.8 Å². The monoisotopic (exact) mass is 457 g/mol. The Labute approximate surface area is 180 Å². The van der Waals surface area contributed by atoms with Gasteiger partial charge < -0.3 is 20.5 Å². The maximum atomic E-state index is 11.1. The first kappa shape index (κ1) is 24.2. The van der Waals surface area contributed by atoms with E-state index < -0.39 is 16.0 Å². The molecule has 1 saturated heterocycles. The zero-order valence-corrected chi connectivity index (χ0v) is 18.4.